The average Bonchev–Trinajstić information content (AvgIpc) is 2.68. The van der Waals surface area contributed by atoms with E-state index in [9.17, 15) is 29.1 Å². The highest BCUT2D eigenvalue weighted by Crippen LogP contribution is 2.06. The van der Waals surface area contributed by atoms with Crippen LogP contribution in [0.15, 0.2) is 0 Å². The van der Waals surface area contributed by atoms with E-state index in [0.717, 1.165) is 0 Å². The average molecular weight is 473 g/mol. The Hall–Kier alpha value is -2.69. The minimum atomic E-state index is -1.17. The van der Waals surface area contributed by atoms with Gasteiger partial charge in [-0.25, -0.2) is 4.79 Å². The molecule has 0 unspecified atom stereocenters. The number of hydrogen-bond acceptors (Lipinski definition) is 6. The first-order valence-corrected chi connectivity index (χ1v) is 11.3. The smallest absolute Gasteiger partial charge is 0.326 e. The van der Waals surface area contributed by atoms with Crippen LogP contribution in [0.25, 0.3) is 0 Å². The number of nitrogens with two attached hydrogens (primary N) is 1. The molecule has 0 fully saturated rings. The minimum absolute atomic E-state index is 0.0144. The highest BCUT2D eigenvalue weighted by atomic mass is 16.4. The molecule has 0 radical (unpaired) electrons. The van der Waals surface area contributed by atoms with Crippen molar-refractivity contribution < 1.29 is 30.5 Å². The standard InChI is InChI=1S/C22H41N5O6/c1-12(2)7-15(23)20(30)24-10-18(28)26-16(8-13(3)4)21(31)25-11-19(29)27-17(22(32)33)9-14(5)6/h12-17H,7-11,23H2,1-6H3,(H,24,30)(H,25,31)(H,26,28)(H,27,29)(H,32,33)/t15-,16-,17-/m0/s1/i/hD. The first-order valence-electron chi connectivity index (χ1n) is 11.7. The van der Waals surface area contributed by atoms with E-state index in [2.05, 4.69) is 16.0 Å². The van der Waals surface area contributed by atoms with Gasteiger partial charge in [-0.3, -0.25) is 19.2 Å². The SMILES string of the molecule is [2H]N(CC(=O)N[C@@H](CC(C)C)C(=O)NCC(=O)N[C@@H](CC(C)C)C(=O)O)C(=O)[C@@H](N)CC(C)C. The maximum Gasteiger partial charge on any atom is 0.326 e. The topological polar surface area (TPSA) is 180 Å². The lowest BCUT2D eigenvalue weighted by Gasteiger charge is -2.21. The third kappa shape index (κ3) is 14.1. The molecule has 190 valence electrons. The molecule has 0 saturated heterocycles. The highest BCUT2D eigenvalue weighted by Gasteiger charge is 2.25. The van der Waals surface area contributed by atoms with E-state index >= 15 is 0 Å². The summed E-state index contributed by atoms with van der Waals surface area (Å²) in [5.74, 6) is -3.67. The first kappa shape index (κ1) is 28.3. The van der Waals surface area contributed by atoms with Crippen molar-refractivity contribution in [2.45, 2.75) is 78.9 Å². The van der Waals surface area contributed by atoms with Gasteiger partial charge in [0.25, 0.3) is 0 Å². The number of hydrogen-bond donors (Lipinski definition) is 6. The van der Waals surface area contributed by atoms with Crippen LogP contribution in [0.2, 0.25) is 1.41 Å². The van der Waals surface area contributed by atoms with Crippen molar-refractivity contribution in [2.75, 3.05) is 13.1 Å². The van der Waals surface area contributed by atoms with Crippen molar-refractivity contribution in [3.8, 4) is 0 Å². The Bertz CT molecular complexity index is 716. The number of amides is 4. The van der Waals surface area contributed by atoms with E-state index in [1.54, 1.807) is 0 Å². The van der Waals surface area contributed by atoms with Gasteiger partial charge in [-0.2, -0.15) is 0 Å². The minimum Gasteiger partial charge on any atom is -0.480 e. The molecule has 0 aliphatic heterocycles. The van der Waals surface area contributed by atoms with Crippen molar-refractivity contribution in [2.24, 2.45) is 23.5 Å². The molecule has 0 rings (SSSR count). The molecule has 0 heterocycles. The van der Waals surface area contributed by atoms with Crippen LogP contribution >= 0.6 is 0 Å². The van der Waals surface area contributed by atoms with E-state index in [-0.39, 0.29) is 30.6 Å². The van der Waals surface area contributed by atoms with Crippen LogP contribution in [0.4, 0.5) is 0 Å². The number of carbonyl (C=O) groups is 5. The van der Waals surface area contributed by atoms with Crippen molar-refractivity contribution in [1.29, 1.82) is 0 Å². The number of carboxylic acids is 1. The molecule has 0 aliphatic rings. The predicted octanol–water partition coefficient (Wildman–Crippen LogP) is -0.261. The van der Waals surface area contributed by atoms with Gasteiger partial charge in [0.05, 0.1) is 19.1 Å². The third-order valence-electron chi connectivity index (χ3n) is 4.54. The monoisotopic (exact) mass is 472 g/mol. The Morgan fingerprint density at radius 2 is 1.21 bits per heavy atom. The summed E-state index contributed by atoms with van der Waals surface area (Å²) in [7, 11) is 0. The van der Waals surface area contributed by atoms with Gasteiger partial charge in [0.15, 0.2) is 1.41 Å². The van der Waals surface area contributed by atoms with Crippen LogP contribution in [0.3, 0.4) is 0 Å². The summed E-state index contributed by atoms with van der Waals surface area (Å²) in [4.78, 5) is 60.5. The van der Waals surface area contributed by atoms with Crippen LogP contribution in [0.5, 0.6) is 0 Å². The molecule has 3 atom stereocenters. The molecule has 11 nitrogen and oxygen atoms in total. The molecule has 0 aromatic rings. The molecule has 33 heavy (non-hydrogen) atoms. The lowest BCUT2D eigenvalue weighted by Crippen LogP contribution is -2.53. The van der Waals surface area contributed by atoms with E-state index in [1.807, 2.05) is 41.5 Å². The van der Waals surface area contributed by atoms with Crippen molar-refractivity contribution in [3.63, 3.8) is 0 Å². The number of carbonyl (C=O) groups excluding carboxylic acids is 4. The number of nitrogens with one attached hydrogen (secondary N) is 4. The molecular formula is C22H41N5O6. The van der Waals surface area contributed by atoms with Gasteiger partial charge in [-0.15, -0.1) is 0 Å². The lowest BCUT2D eigenvalue weighted by atomic mass is 10.0. The zero-order valence-electron chi connectivity index (χ0n) is 21.5. The largest absolute Gasteiger partial charge is 0.480 e. The van der Waals surface area contributed by atoms with Crippen LogP contribution in [-0.4, -0.2) is 65.9 Å². The summed E-state index contributed by atoms with van der Waals surface area (Å²) in [5.41, 5.74) is 5.78. The quantitative estimate of drug-likeness (QED) is 0.190. The summed E-state index contributed by atoms with van der Waals surface area (Å²) in [6.07, 6.45) is 0.865. The molecule has 0 aromatic heterocycles. The predicted molar refractivity (Wildman–Crippen MR) is 124 cm³/mol. The number of carboxylic acid groups (broad SMARTS) is 1. The van der Waals surface area contributed by atoms with Crippen molar-refractivity contribution in [1.82, 2.24) is 21.3 Å². The zero-order valence-corrected chi connectivity index (χ0v) is 20.5. The Balaban J connectivity index is 4.94. The Morgan fingerprint density at radius 1 is 0.758 bits per heavy atom. The van der Waals surface area contributed by atoms with Gasteiger partial charge in [0.2, 0.25) is 23.6 Å². The second-order valence-corrected chi connectivity index (χ2v) is 9.45. The fraction of sp³-hybridized carbons (Fsp3) is 0.773. The fourth-order valence-corrected chi connectivity index (χ4v) is 3.05. The molecule has 0 spiro atoms. The molecule has 11 heteroatoms. The normalized spacial score (nSPS) is 14.3. The summed E-state index contributed by atoms with van der Waals surface area (Å²) in [6, 6.07) is -2.97. The van der Waals surface area contributed by atoms with E-state index in [4.69, 9.17) is 7.15 Å². The second kappa shape index (κ2) is 15.2. The summed E-state index contributed by atoms with van der Waals surface area (Å²) < 4.78 is 7.80. The Morgan fingerprint density at radius 3 is 1.70 bits per heavy atom. The molecule has 0 saturated carbocycles. The summed E-state index contributed by atoms with van der Waals surface area (Å²) in [6.45, 7) is 10.0. The van der Waals surface area contributed by atoms with Crippen molar-refractivity contribution in [3.05, 3.63) is 0 Å². The lowest BCUT2D eigenvalue weighted by molar-refractivity contribution is -0.142. The zero-order chi connectivity index (χ0) is 26.6. The van der Waals surface area contributed by atoms with E-state index < -0.39 is 60.8 Å². The third-order valence-corrected chi connectivity index (χ3v) is 4.54. The summed E-state index contributed by atoms with van der Waals surface area (Å²) in [5, 5.41) is 17.0. The molecule has 4 amide bonds. The van der Waals surface area contributed by atoms with Gasteiger partial charge in [-0.1, -0.05) is 41.5 Å². The van der Waals surface area contributed by atoms with Gasteiger partial charge >= 0.3 is 5.97 Å². The highest BCUT2D eigenvalue weighted by molar-refractivity contribution is 5.93. The molecule has 7 N–H and O–H groups in total. The first-order chi connectivity index (χ1) is 15.6. The molecule has 0 bridgehead atoms. The number of rotatable bonds is 15. The number of aliphatic carboxylic acids is 1. The fourth-order valence-electron chi connectivity index (χ4n) is 3.05. The molecule has 0 aromatic carbocycles. The van der Waals surface area contributed by atoms with E-state index in [0.29, 0.717) is 11.7 Å². The van der Waals surface area contributed by atoms with Crippen LogP contribution in [-0.2, 0) is 24.0 Å². The second-order valence-electron chi connectivity index (χ2n) is 9.45. The molecular weight excluding hydrogens is 430 g/mol. The maximum atomic E-state index is 12.6. The maximum absolute atomic E-state index is 12.6. The van der Waals surface area contributed by atoms with Gasteiger partial charge in [0, 0.05) is 0 Å². The van der Waals surface area contributed by atoms with Crippen LogP contribution in [0, 0.1) is 17.8 Å². The molecule has 0 aliphatic carbocycles. The Labute approximate surface area is 197 Å². The van der Waals surface area contributed by atoms with Gasteiger partial charge in [-0.05, 0) is 37.0 Å². The van der Waals surface area contributed by atoms with Crippen LogP contribution in [0.1, 0.15) is 60.8 Å². The van der Waals surface area contributed by atoms with E-state index in [1.165, 1.54) is 0 Å². The summed E-state index contributed by atoms with van der Waals surface area (Å²) >= 11 is 0. The Kier molecular flexibility index (Phi) is 13.1. The van der Waals surface area contributed by atoms with Crippen molar-refractivity contribution >= 4 is 29.6 Å². The van der Waals surface area contributed by atoms with Crippen LogP contribution < -0.4 is 27.0 Å². The van der Waals surface area contributed by atoms with Gasteiger partial charge in [0.1, 0.15) is 12.1 Å². The van der Waals surface area contributed by atoms with Gasteiger partial charge < -0.3 is 32.1 Å².